The van der Waals surface area contributed by atoms with Crippen LogP contribution in [-0.4, -0.2) is 62.0 Å². The SMILES string of the molecule is CCC(CSC)N(C)C1(CN)CCS(=O)(=O)C1. The zero-order valence-corrected chi connectivity index (χ0v) is 12.6. The largest absolute Gasteiger partial charge is 0.329 e. The number of rotatable bonds is 6. The van der Waals surface area contributed by atoms with E-state index in [1.807, 2.05) is 7.05 Å². The van der Waals surface area contributed by atoms with Gasteiger partial charge in [0, 0.05) is 23.9 Å². The van der Waals surface area contributed by atoms with Gasteiger partial charge in [0.15, 0.2) is 9.84 Å². The number of thioether (sulfide) groups is 1. The minimum absolute atomic E-state index is 0.220. The number of hydrogen-bond donors (Lipinski definition) is 1. The molecule has 1 heterocycles. The maximum Gasteiger partial charge on any atom is 0.152 e. The van der Waals surface area contributed by atoms with Gasteiger partial charge in [-0.2, -0.15) is 11.8 Å². The summed E-state index contributed by atoms with van der Waals surface area (Å²) in [5.41, 5.74) is 5.53. The van der Waals surface area contributed by atoms with Crippen LogP contribution < -0.4 is 5.73 Å². The molecule has 0 saturated carbocycles. The number of nitrogens with zero attached hydrogens (tertiary/aromatic N) is 1. The topological polar surface area (TPSA) is 63.4 Å². The predicted molar refractivity (Wildman–Crippen MR) is 75.3 cm³/mol. The van der Waals surface area contributed by atoms with Gasteiger partial charge in [0.1, 0.15) is 0 Å². The molecular weight excluding hydrogens is 256 g/mol. The van der Waals surface area contributed by atoms with Crippen LogP contribution in [-0.2, 0) is 9.84 Å². The molecule has 0 bridgehead atoms. The molecule has 1 aliphatic rings. The summed E-state index contributed by atoms with van der Waals surface area (Å²) in [6, 6.07) is 0.404. The van der Waals surface area contributed by atoms with Gasteiger partial charge in [0.05, 0.1) is 11.5 Å². The average Bonchev–Trinajstić information content (AvgIpc) is 2.62. The highest BCUT2D eigenvalue weighted by Crippen LogP contribution is 2.30. The van der Waals surface area contributed by atoms with Crippen LogP contribution >= 0.6 is 11.8 Å². The molecule has 1 fully saturated rings. The van der Waals surface area contributed by atoms with E-state index in [1.165, 1.54) is 0 Å². The predicted octanol–water partition coefficient (Wildman–Crippen LogP) is 0.576. The van der Waals surface area contributed by atoms with Crippen molar-refractivity contribution < 1.29 is 8.42 Å². The van der Waals surface area contributed by atoms with Crippen LogP contribution in [0.4, 0.5) is 0 Å². The van der Waals surface area contributed by atoms with E-state index in [1.54, 1.807) is 11.8 Å². The molecule has 0 aliphatic carbocycles. The lowest BCUT2D eigenvalue weighted by molar-refractivity contribution is 0.106. The second-order valence-corrected chi connectivity index (χ2v) is 7.99. The van der Waals surface area contributed by atoms with Gasteiger partial charge in [-0.05, 0) is 26.1 Å². The summed E-state index contributed by atoms with van der Waals surface area (Å²) in [4.78, 5) is 2.22. The van der Waals surface area contributed by atoms with Crippen LogP contribution in [0.15, 0.2) is 0 Å². The Labute approximate surface area is 109 Å². The number of nitrogens with two attached hydrogens (primary N) is 1. The van der Waals surface area contributed by atoms with E-state index in [-0.39, 0.29) is 17.0 Å². The van der Waals surface area contributed by atoms with Gasteiger partial charge >= 0.3 is 0 Å². The first-order chi connectivity index (χ1) is 7.90. The average molecular weight is 280 g/mol. The van der Waals surface area contributed by atoms with Gasteiger partial charge in [-0.15, -0.1) is 0 Å². The lowest BCUT2D eigenvalue weighted by Gasteiger charge is -2.41. The summed E-state index contributed by atoms with van der Waals surface area (Å²) in [6.07, 6.45) is 3.78. The zero-order chi connectivity index (χ0) is 13.1. The van der Waals surface area contributed by atoms with Gasteiger partial charge in [0.25, 0.3) is 0 Å². The fourth-order valence-corrected chi connectivity index (χ4v) is 5.53. The maximum absolute atomic E-state index is 11.7. The Bertz CT molecular complexity index is 345. The van der Waals surface area contributed by atoms with E-state index in [0.717, 1.165) is 12.2 Å². The van der Waals surface area contributed by atoms with Crippen molar-refractivity contribution in [1.82, 2.24) is 4.90 Å². The molecule has 0 aromatic heterocycles. The molecule has 17 heavy (non-hydrogen) atoms. The zero-order valence-electron chi connectivity index (χ0n) is 11.0. The molecule has 0 radical (unpaired) electrons. The molecule has 0 spiro atoms. The monoisotopic (exact) mass is 280 g/mol. The maximum atomic E-state index is 11.7. The van der Waals surface area contributed by atoms with Crippen molar-refractivity contribution in [3.63, 3.8) is 0 Å². The summed E-state index contributed by atoms with van der Waals surface area (Å²) in [6.45, 7) is 2.57. The highest BCUT2D eigenvalue weighted by molar-refractivity contribution is 7.98. The minimum Gasteiger partial charge on any atom is -0.329 e. The molecule has 1 rings (SSSR count). The first-order valence-corrected chi connectivity index (χ1v) is 9.24. The number of sulfone groups is 1. The molecule has 1 aliphatic heterocycles. The molecule has 6 heteroatoms. The van der Waals surface area contributed by atoms with E-state index >= 15 is 0 Å². The van der Waals surface area contributed by atoms with Crippen molar-refractivity contribution >= 4 is 21.6 Å². The van der Waals surface area contributed by atoms with Crippen molar-refractivity contribution in [3.8, 4) is 0 Å². The highest BCUT2D eigenvalue weighted by Gasteiger charge is 2.45. The van der Waals surface area contributed by atoms with Crippen molar-refractivity contribution in [2.24, 2.45) is 5.73 Å². The summed E-state index contributed by atoms with van der Waals surface area (Å²) in [5.74, 6) is 1.52. The smallest absolute Gasteiger partial charge is 0.152 e. The molecule has 0 amide bonds. The third kappa shape index (κ3) is 3.36. The Morgan fingerprint density at radius 1 is 1.53 bits per heavy atom. The van der Waals surface area contributed by atoms with Crippen LogP contribution in [0.25, 0.3) is 0 Å². The standard InChI is InChI=1S/C11H24N2O2S2/c1-4-10(7-16-3)13(2)11(8-12)5-6-17(14,15)9-11/h10H,4-9,12H2,1-3H3. The Morgan fingerprint density at radius 2 is 2.18 bits per heavy atom. The molecule has 2 unspecified atom stereocenters. The van der Waals surface area contributed by atoms with E-state index in [2.05, 4.69) is 18.1 Å². The summed E-state index contributed by atoms with van der Waals surface area (Å²) < 4.78 is 23.4. The van der Waals surface area contributed by atoms with Crippen LogP contribution in [0, 0.1) is 0 Å². The summed E-state index contributed by atoms with van der Waals surface area (Å²) in [5, 5.41) is 0. The van der Waals surface area contributed by atoms with Crippen molar-refractivity contribution in [1.29, 1.82) is 0 Å². The first-order valence-electron chi connectivity index (χ1n) is 6.03. The Hall–Kier alpha value is 0.220. The van der Waals surface area contributed by atoms with E-state index in [0.29, 0.717) is 19.0 Å². The fraction of sp³-hybridized carbons (Fsp3) is 1.00. The highest BCUT2D eigenvalue weighted by atomic mass is 32.2. The van der Waals surface area contributed by atoms with E-state index in [4.69, 9.17) is 5.73 Å². The summed E-state index contributed by atoms with van der Waals surface area (Å²) >= 11 is 1.80. The number of likely N-dealkylation sites (N-methyl/N-ethyl adjacent to an activating group) is 1. The van der Waals surface area contributed by atoms with Crippen molar-refractivity contribution in [2.45, 2.75) is 31.3 Å². The minimum atomic E-state index is -2.90. The lowest BCUT2D eigenvalue weighted by atomic mass is 9.95. The van der Waals surface area contributed by atoms with E-state index < -0.39 is 9.84 Å². The van der Waals surface area contributed by atoms with Gasteiger partial charge in [0.2, 0.25) is 0 Å². The fourth-order valence-electron chi connectivity index (χ4n) is 2.57. The second kappa shape index (κ2) is 5.91. The molecule has 0 aromatic rings. The third-order valence-corrected chi connectivity index (χ3v) is 6.39. The van der Waals surface area contributed by atoms with Gasteiger partial charge in [-0.25, -0.2) is 8.42 Å². The van der Waals surface area contributed by atoms with E-state index in [9.17, 15) is 8.42 Å². The van der Waals surface area contributed by atoms with Crippen LogP contribution in [0.5, 0.6) is 0 Å². The molecule has 102 valence electrons. The molecule has 2 atom stereocenters. The van der Waals surface area contributed by atoms with Gasteiger partial charge in [-0.1, -0.05) is 6.92 Å². The Kier molecular flexibility index (Phi) is 5.31. The normalized spacial score (nSPS) is 29.7. The molecule has 1 saturated heterocycles. The van der Waals surface area contributed by atoms with Crippen LogP contribution in [0.1, 0.15) is 19.8 Å². The number of hydrogen-bond acceptors (Lipinski definition) is 5. The molecule has 4 nitrogen and oxygen atoms in total. The van der Waals surface area contributed by atoms with Crippen molar-refractivity contribution in [2.75, 3.05) is 37.1 Å². The van der Waals surface area contributed by atoms with Gasteiger partial charge in [-0.3, -0.25) is 4.90 Å². The molecular formula is C11H24N2O2S2. The van der Waals surface area contributed by atoms with Crippen LogP contribution in [0.2, 0.25) is 0 Å². The van der Waals surface area contributed by atoms with Gasteiger partial charge < -0.3 is 5.73 Å². The molecule has 0 aromatic carbocycles. The first kappa shape index (κ1) is 15.3. The third-order valence-electron chi connectivity index (χ3n) is 3.87. The van der Waals surface area contributed by atoms with Crippen LogP contribution in [0.3, 0.4) is 0 Å². The lowest BCUT2D eigenvalue weighted by Crippen LogP contribution is -2.57. The molecule has 2 N–H and O–H groups in total. The second-order valence-electron chi connectivity index (χ2n) is 4.90. The van der Waals surface area contributed by atoms with Crippen molar-refractivity contribution in [3.05, 3.63) is 0 Å². The Balaban J connectivity index is 2.86. The Morgan fingerprint density at radius 3 is 2.53 bits per heavy atom. The summed E-state index contributed by atoms with van der Waals surface area (Å²) in [7, 11) is -0.870. The quantitative estimate of drug-likeness (QED) is 0.771.